The van der Waals surface area contributed by atoms with Crippen LogP contribution in [0.25, 0.3) is 23.1 Å². The number of benzene rings is 3. The molecule has 0 spiro atoms. The van der Waals surface area contributed by atoms with Crippen LogP contribution in [0.1, 0.15) is 40.5 Å². The molecule has 0 N–H and O–H groups in total. The molecule has 0 radical (unpaired) electrons. The van der Waals surface area contributed by atoms with Crippen molar-refractivity contribution >= 4 is 23.1 Å². The topological polar surface area (TPSA) is 56.7 Å². The molecule has 7 rings (SSSR count). The second-order valence-electron chi connectivity index (χ2n) is 10.2. The number of alkyl halides is 3. The summed E-state index contributed by atoms with van der Waals surface area (Å²) >= 11 is 1.26. The molecule has 1 aliphatic heterocycles. The molecule has 210 valence electrons. The van der Waals surface area contributed by atoms with Crippen LogP contribution in [0, 0.1) is 0 Å². The summed E-state index contributed by atoms with van der Waals surface area (Å²) in [6.07, 6.45) is -1.20. The lowest BCUT2D eigenvalue weighted by Gasteiger charge is -2.30. The van der Waals surface area contributed by atoms with Crippen LogP contribution in [0.5, 0.6) is 5.75 Å². The van der Waals surface area contributed by atoms with E-state index in [-0.39, 0.29) is 17.4 Å². The molecule has 0 saturated heterocycles. The van der Waals surface area contributed by atoms with E-state index in [2.05, 4.69) is 12.1 Å². The molecule has 2 aromatic heterocycles. The zero-order valence-electron chi connectivity index (χ0n) is 22.3. The highest BCUT2D eigenvalue weighted by Gasteiger charge is 2.33. The highest BCUT2D eigenvalue weighted by molar-refractivity contribution is 7.07. The Morgan fingerprint density at radius 1 is 1.00 bits per heavy atom. The number of allylic oxidation sites excluding steroid dienone is 1. The molecular formula is C33H23F3N2O3S. The van der Waals surface area contributed by atoms with Gasteiger partial charge < -0.3 is 9.15 Å². The predicted molar refractivity (Wildman–Crippen MR) is 155 cm³/mol. The minimum absolute atomic E-state index is 0.206. The van der Waals surface area contributed by atoms with Gasteiger partial charge in [0.25, 0.3) is 5.56 Å². The molecule has 0 amide bonds. The van der Waals surface area contributed by atoms with Crippen molar-refractivity contribution < 1.29 is 22.3 Å². The smallest absolute Gasteiger partial charge is 0.416 e. The van der Waals surface area contributed by atoms with Crippen LogP contribution in [0.15, 0.2) is 105 Å². The molecule has 3 aromatic carbocycles. The van der Waals surface area contributed by atoms with Crippen molar-refractivity contribution in [3.05, 3.63) is 138 Å². The fourth-order valence-electron chi connectivity index (χ4n) is 5.67. The van der Waals surface area contributed by atoms with Crippen molar-refractivity contribution in [1.82, 2.24) is 4.57 Å². The van der Waals surface area contributed by atoms with Gasteiger partial charge in [-0.2, -0.15) is 13.2 Å². The van der Waals surface area contributed by atoms with E-state index < -0.39 is 11.7 Å². The third kappa shape index (κ3) is 4.50. The van der Waals surface area contributed by atoms with Gasteiger partial charge in [0, 0.05) is 17.2 Å². The first kappa shape index (κ1) is 26.3. The highest BCUT2D eigenvalue weighted by Crippen LogP contribution is 2.41. The number of methoxy groups -OCH3 is 1. The van der Waals surface area contributed by atoms with Gasteiger partial charge in [-0.1, -0.05) is 59.9 Å². The van der Waals surface area contributed by atoms with Gasteiger partial charge >= 0.3 is 6.18 Å². The molecule has 5 nitrogen and oxygen atoms in total. The van der Waals surface area contributed by atoms with Gasteiger partial charge in [-0.25, -0.2) is 4.99 Å². The maximum atomic E-state index is 13.9. The van der Waals surface area contributed by atoms with E-state index in [1.165, 1.54) is 23.0 Å². The van der Waals surface area contributed by atoms with Crippen LogP contribution in [0.3, 0.4) is 0 Å². The number of hydrogen-bond donors (Lipinski definition) is 0. The molecule has 5 aromatic rings. The second kappa shape index (κ2) is 10.0. The Balaban J connectivity index is 1.36. The van der Waals surface area contributed by atoms with Gasteiger partial charge in [-0.15, -0.1) is 0 Å². The van der Waals surface area contributed by atoms with Crippen molar-refractivity contribution in [3.8, 4) is 17.1 Å². The summed E-state index contributed by atoms with van der Waals surface area (Å²) in [6.45, 7) is 0. The van der Waals surface area contributed by atoms with Crippen LogP contribution >= 0.6 is 11.3 Å². The van der Waals surface area contributed by atoms with Crippen molar-refractivity contribution in [2.45, 2.75) is 25.1 Å². The van der Waals surface area contributed by atoms with E-state index >= 15 is 0 Å². The molecule has 0 unspecified atom stereocenters. The Morgan fingerprint density at radius 2 is 1.81 bits per heavy atom. The first-order valence-corrected chi connectivity index (χ1v) is 14.2. The van der Waals surface area contributed by atoms with Gasteiger partial charge in [0.05, 0.1) is 28.9 Å². The zero-order chi connectivity index (χ0) is 29.0. The third-order valence-electron chi connectivity index (χ3n) is 7.68. The number of furan rings is 1. The number of nitrogens with zero attached hydrogens (tertiary/aromatic N) is 2. The Hall–Kier alpha value is -4.63. The Kier molecular flexibility index (Phi) is 6.27. The molecule has 1 atom stereocenters. The van der Waals surface area contributed by atoms with Crippen molar-refractivity contribution in [2.75, 3.05) is 7.11 Å². The molecule has 42 heavy (non-hydrogen) atoms. The minimum Gasteiger partial charge on any atom is -0.497 e. The summed E-state index contributed by atoms with van der Waals surface area (Å²) in [6, 6.07) is 23.8. The van der Waals surface area contributed by atoms with Gasteiger partial charge in [0.2, 0.25) is 0 Å². The number of ether oxygens (including phenoxy) is 1. The number of halogens is 3. The molecule has 2 aliphatic rings. The summed E-state index contributed by atoms with van der Waals surface area (Å²) in [5.41, 5.74) is 4.58. The second-order valence-corrected chi connectivity index (χ2v) is 11.2. The Labute approximate surface area is 242 Å². The monoisotopic (exact) mass is 584 g/mol. The average Bonchev–Trinajstić information content (AvgIpc) is 3.60. The lowest BCUT2D eigenvalue weighted by atomic mass is 9.83. The van der Waals surface area contributed by atoms with Crippen molar-refractivity contribution in [3.63, 3.8) is 0 Å². The minimum atomic E-state index is -4.46. The average molecular weight is 585 g/mol. The van der Waals surface area contributed by atoms with Gasteiger partial charge in [0.15, 0.2) is 4.80 Å². The highest BCUT2D eigenvalue weighted by atomic mass is 32.1. The number of rotatable bonds is 4. The van der Waals surface area contributed by atoms with Crippen LogP contribution in [-0.2, 0) is 12.6 Å². The third-order valence-corrected chi connectivity index (χ3v) is 8.66. The van der Waals surface area contributed by atoms with E-state index in [0.717, 1.165) is 53.1 Å². The predicted octanol–water partition coefficient (Wildman–Crippen LogP) is 6.61. The van der Waals surface area contributed by atoms with Crippen molar-refractivity contribution in [1.29, 1.82) is 0 Å². The fourth-order valence-corrected chi connectivity index (χ4v) is 6.65. The first-order chi connectivity index (χ1) is 20.3. The van der Waals surface area contributed by atoms with E-state index in [1.807, 2.05) is 36.4 Å². The maximum absolute atomic E-state index is 13.9. The van der Waals surface area contributed by atoms with Crippen LogP contribution in [0.4, 0.5) is 13.2 Å². The maximum Gasteiger partial charge on any atom is 0.416 e. The van der Waals surface area contributed by atoms with Crippen LogP contribution in [0.2, 0.25) is 0 Å². The molecule has 9 heteroatoms. The number of fused-ring (bicyclic) bond motifs is 3. The van der Waals surface area contributed by atoms with E-state index in [9.17, 15) is 18.0 Å². The van der Waals surface area contributed by atoms with Crippen LogP contribution in [-0.4, -0.2) is 11.7 Å². The number of aryl methyl sites for hydroxylation is 1. The van der Waals surface area contributed by atoms with E-state index in [4.69, 9.17) is 14.1 Å². The summed E-state index contributed by atoms with van der Waals surface area (Å²) in [5, 5.41) is 0. The quantitative estimate of drug-likeness (QED) is 0.239. The molecule has 1 aliphatic carbocycles. The molecule has 3 heterocycles. The SMILES string of the molecule is COc1ccc([C@@H]2C3=C(N=c4s/c(=C\c5ccc(-c6cccc(C(F)(F)F)c6)o5)c(=O)n42)c2ccccc2CC3)cc1. The summed E-state index contributed by atoms with van der Waals surface area (Å²) < 4.78 is 53.1. The normalized spacial score (nSPS) is 16.5. The summed E-state index contributed by atoms with van der Waals surface area (Å²) in [4.78, 5) is 19.5. The summed E-state index contributed by atoms with van der Waals surface area (Å²) in [7, 11) is 1.61. The summed E-state index contributed by atoms with van der Waals surface area (Å²) in [5.74, 6) is 1.37. The van der Waals surface area contributed by atoms with Crippen molar-refractivity contribution in [2.24, 2.45) is 4.99 Å². The first-order valence-electron chi connectivity index (χ1n) is 13.3. The van der Waals surface area contributed by atoms with Crippen LogP contribution < -0.4 is 19.6 Å². The lowest BCUT2D eigenvalue weighted by molar-refractivity contribution is -0.137. The molecule has 0 saturated carbocycles. The van der Waals surface area contributed by atoms with E-state index in [0.29, 0.717) is 20.7 Å². The Bertz CT molecular complexity index is 2050. The molecular weight excluding hydrogens is 561 g/mol. The molecule has 0 bridgehead atoms. The van der Waals surface area contributed by atoms with Gasteiger partial charge in [-0.3, -0.25) is 9.36 Å². The fraction of sp³-hybridized carbons (Fsp3) is 0.152. The Morgan fingerprint density at radius 3 is 2.60 bits per heavy atom. The molecule has 0 fully saturated rings. The number of aromatic nitrogens is 1. The standard InChI is InChI=1S/C33H23F3N2O3S/c1-40-23-12-9-20(10-13-23)30-26-15-11-19-5-2-3-8-25(19)29(26)37-32-38(30)31(39)28(42-32)18-24-14-16-27(41-24)21-6-4-7-22(17-21)33(34,35)36/h2-10,12-14,16-18,30H,11,15H2,1H3/b28-18-/t30-/m1/s1. The largest absolute Gasteiger partial charge is 0.497 e. The zero-order valence-corrected chi connectivity index (χ0v) is 23.1. The van der Waals surface area contributed by atoms with E-state index in [1.54, 1.807) is 36.0 Å². The van der Waals surface area contributed by atoms with Gasteiger partial charge in [0.1, 0.15) is 17.3 Å². The van der Waals surface area contributed by atoms with Gasteiger partial charge in [-0.05, 0) is 65.9 Å². The lowest BCUT2D eigenvalue weighted by Crippen LogP contribution is -2.38. The number of hydrogen-bond acceptors (Lipinski definition) is 5. The number of thiazole rings is 1.